The fourth-order valence-corrected chi connectivity index (χ4v) is 1.87. The number of aliphatic carboxylic acids is 1. The molecule has 0 aromatic heterocycles. The van der Waals surface area contributed by atoms with Crippen molar-refractivity contribution in [2.24, 2.45) is 0 Å². The van der Waals surface area contributed by atoms with E-state index in [9.17, 15) is 9.90 Å². The molecule has 0 radical (unpaired) electrons. The van der Waals surface area contributed by atoms with Crippen molar-refractivity contribution < 1.29 is 19.4 Å². The van der Waals surface area contributed by atoms with Gasteiger partial charge in [-0.3, -0.25) is 0 Å². The molecule has 108 valence electrons. The summed E-state index contributed by atoms with van der Waals surface area (Å²) in [5.74, 6) is 0.243. The average Bonchev–Trinajstić information content (AvgIpc) is 2.44. The lowest BCUT2D eigenvalue weighted by molar-refractivity contribution is -0.132. The van der Waals surface area contributed by atoms with E-state index in [-0.39, 0.29) is 5.57 Å². The van der Waals surface area contributed by atoms with Crippen molar-refractivity contribution in [3.8, 4) is 11.5 Å². The second-order valence-electron chi connectivity index (χ2n) is 4.27. The lowest BCUT2D eigenvalue weighted by Gasteiger charge is -2.09. The number of benzene rings is 1. The van der Waals surface area contributed by atoms with Gasteiger partial charge in [0.1, 0.15) is 0 Å². The molecule has 4 nitrogen and oxygen atoms in total. The monoisotopic (exact) mass is 276 g/mol. The zero-order valence-corrected chi connectivity index (χ0v) is 12.3. The summed E-state index contributed by atoms with van der Waals surface area (Å²) in [6, 6.07) is 5.30. The van der Waals surface area contributed by atoms with Gasteiger partial charge in [0, 0.05) is 0 Å². The Kier molecular flexibility index (Phi) is 5.84. The minimum Gasteiger partial charge on any atom is -0.493 e. The zero-order valence-electron chi connectivity index (χ0n) is 12.3. The van der Waals surface area contributed by atoms with E-state index >= 15 is 0 Å². The van der Waals surface area contributed by atoms with Crippen LogP contribution in [0.25, 0.3) is 6.08 Å². The Hall–Kier alpha value is -2.23. The van der Waals surface area contributed by atoms with E-state index in [1.54, 1.807) is 45.4 Å². The van der Waals surface area contributed by atoms with Crippen molar-refractivity contribution in [3.63, 3.8) is 0 Å². The average molecular weight is 276 g/mol. The lowest BCUT2D eigenvalue weighted by atomic mass is 10.0. The molecule has 0 aliphatic heterocycles. The summed E-state index contributed by atoms with van der Waals surface area (Å²) in [4.78, 5) is 11.3. The minimum atomic E-state index is -0.943. The number of allylic oxidation sites excluding steroid dienone is 1. The second kappa shape index (κ2) is 7.38. The van der Waals surface area contributed by atoms with Gasteiger partial charge in [-0.05, 0) is 42.7 Å². The van der Waals surface area contributed by atoms with Crippen molar-refractivity contribution >= 4 is 12.0 Å². The Labute approximate surface area is 119 Å². The Morgan fingerprint density at radius 1 is 1.25 bits per heavy atom. The number of carboxylic acid groups (broad SMARTS) is 1. The number of carbonyl (C=O) groups is 1. The van der Waals surface area contributed by atoms with Crippen LogP contribution in [0.3, 0.4) is 0 Å². The number of hydrogen-bond acceptors (Lipinski definition) is 3. The number of ether oxygens (including phenoxy) is 2. The molecule has 20 heavy (non-hydrogen) atoms. The molecule has 0 unspecified atom stereocenters. The van der Waals surface area contributed by atoms with Gasteiger partial charge < -0.3 is 14.6 Å². The Morgan fingerprint density at radius 2 is 1.90 bits per heavy atom. The van der Waals surface area contributed by atoms with Gasteiger partial charge in [0.15, 0.2) is 11.5 Å². The highest BCUT2D eigenvalue weighted by Crippen LogP contribution is 2.29. The molecule has 1 aromatic rings. The fourth-order valence-electron chi connectivity index (χ4n) is 1.87. The van der Waals surface area contributed by atoms with E-state index in [1.165, 1.54) is 0 Å². The third kappa shape index (κ3) is 3.88. The highest BCUT2D eigenvalue weighted by atomic mass is 16.5. The number of methoxy groups -OCH3 is 2. The van der Waals surface area contributed by atoms with Crippen molar-refractivity contribution in [1.82, 2.24) is 0 Å². The normalized spacial score (nSPS) is 12.2. The predicted molar refractivity (Wildman–Crippen MR) is 79.2 cm³/mol. The predicted octanol–water partition coefficient (Wildman–Crippen LogP) is 3.53. The first-order valence-electron chi connectivity index (χ1n) is 6.37. The summed E-state index contributed by atoms with van der Waals surface area (Å²) in [6.45, 7) is 3.77. The molecule has 0 bridgehead atoms. The van der Waals surface area contributed by atoms with E-state index in [0.29, 0.717) is 11.5 Å². The third-order valence-corrected chi connectivity index (χ3v) is 2.88. The van der Waals surface area contributed by atoms with Gasteiger partial charge in [0.05, 0.1) is 19.8 Å². The summed E-state index contributed by atoms with van der Waals surface area (Å²) in [5, 5.41) is 9.29. The topological polar surface area (TPSA) is 55.8 Å². The molecule has 1 rings (SSSR count). The van der Waals surface area contributed by atoms with Gasteiger partial charge in [0.25, 0.3) is 0 Å². The van der Waals surface area contributed by atoms with Gasteiger partial charge in [-0.15, -0.1) is 0 Å². The van der Waals surface area contributed by atoms with Crippen molar-refractivity contribution in [2.75, 3.05) is 14.2 Å². The van der Waals surface area contributed by atoms with Crippen LogP contribution in [0.1, 0.15) is 25.8 Å². The molecule has 4 heteroatoms. The summed E-state index contributed by atoms with van der Waals surface area (Å²) in [6.07, 6.45) is 4.31. The van der Waals surface area contributed by atoms with Gasteiger partial charge >= 0.3 is 5.97 Å². The minimum absolute atomic E-state index is 0.277. The molecule has 0 amide bonds. The molecular weight excluding hydrogens is 256 g/mol. The van der Waals surface area contributed by atoms with Crippen LogP contribution in [0, 0.1) is 0 Å². The molecule has 1 N–H and O–H groups in total. The first kappa shape index (κ1) is 15.8. The zero-order chi connectivity index (χ0) is 15.1. The Morgan fingerprint density at radius 3 is 2.40 bits per heavy atom. The maximum absolute atomic E-state index is 11.3. The summed E-state index contributed by atoms with van der Waals surface area (Å²) in [5.41, 5.74) is 1.78. The van der Waals surface area contributed by atoms with Crippen LogP contribution in [0.5, 0.6) is 11.5 Å². The molecule has 0 aliphatic carbocycles. The molecule has 0 saturated carbocycles. The molecule has 0 spiro atoms. The SMILES string of the molecule is CC/C=C(\C)C(=Cc1ccc(OC)c(OC)c1)C(=O)O. The van der Waals surface area contributed by atoms with Gasteiger partial charge in [-0.2, -0.15) is 0 Å². The van der Waals surface area contributed by atoms with Crippen LogP contribution in [-0.2, 0) is 4.79 Å². The van der Waals surface area contributed by atoms with Gasteiger partial charge in [0.2, 0.25) is 0 Å². The molecule has 0 atom stereocenters. The van der Waals surface area contributed by atoms with Crippen LogP contribution in [0.4, 0.5) is 0 Å². The smallest absolute Gasteiger partial charge is 0.335 e. The third-order valence-electron chi connectivity index (χ3n) is 2.88. The first-order valence-corrected chi connectivity index (χ1v) is 6.37. The fraction of sp³-hybridized carbons (Fsp3) is 0.312. The van der Waals surface area contributed by atoms with Crippen LogP contribution in [-0.4, -0.2) is 25.3 Å². The summed E-state index contributed by atoms with van der Waals surface area (Å²) >= 11 is 0. The molecular formula is C16H20O4. The van der Waals surface area contributed by atoms with E-state index in [4.69, 9.17) is 9.47 Å². The van der Waals surface area contributed by atoms with Gasteiger partial charge in [-0.1, -0.05) is 19.1 Å². The molecule has 1 aromatic carbocycles. The highest BCUT2D eigenvalue weighted by Gasteiger charge is 2.10. The largest absolute Gasteiger partial charge is 0.493 e. The Balaban J connectivity index is 3.24. The number of carboxylic acids is 1. The van der Waals surface area contributed by atoms with Crippen LogP contribution >= 0.6 is 0 Å². The quantitative estimate of drug-likeness (QED) is 0.638. The first-order chi connectivity index (χ1) is 9.53. The maximum atomic E-state index is 11.3. The summed E-state index contributed by atoms with van der Waals surface area (Å²) < 4.78 is 10.4. The summed E-state index contributed by atoms with van der Waals surface area (Å²) in [7, 11) is 3.11. The van der Waals surface area contributed by atoms with Crippen molar-refractivity contribution in [3.05, 3.63) is 41.0 Å². The van der Waals surface area contributed by atoms with E-state index < -0.39 is 5.97 Å². The molecule has 0 fully saturated rings. The lowest BCUT2D eigenvalue weighted by Crippen LogP contribution is -2.02. The second-order valence-corrected chi connectivity index (χ2v) is 4.27. The van der Waals surface area contributed by atoms with Crippen LogP contribution < -0.4 is 9.47 Å². The standard InChI is InChI=1S/C16H20O4/c1-5-6-11(2)13(16(17)18)9-12-7-8-14(19-3)15(10-12)20-4/h6-10H,5H2,1-4H3,(H,17,18)/b11-6+,13-9?. The highest BCUT2D eigenvalue weighted by molar-refractivity contribution is 5.97. The van der Waals surface area contributed by atoms with E-state index in [0.717, 1.165) is 17.6 Å². The molecule has 0 saturated heterocycles. The van der Waals surface area contributed by atoms with Crippen LogP contribution in [0.15, 0.2) is 35.4 Å². The van der Waals surface area contributed by atoms with E-state index in [2.05, 4.69) is 0 Å². The number of hydrogen-bond donors (Lipinski definition) is 1. The van der Waals surface area contributed by atoms with Gasteiger partial charge in [-0.25, -0.2) is 4.79 Å². The maximum Gasteiger partial charge on any atom is 0.335 e. The van der Waals surface area contributed by atoms with Crippen molar-refractivity contribution in [2.45, 2.75) is 20.3 Å². The molecule has 0 heterocycles. The van der Waals surface area contributed by atoms with E-state index in [1.807, 2.05) is 13.0 Å². The van der Waals surface area contributed by atoms with Crippen LogP contribution in [0.2, 0.25) is 0 Å². The molecule has 0 aliphatic rings. The number of rotatable bonds is 6. The van der Waals surface area contributed by atoms with Crippen molar-refractivity contribution in [1.29, 1.82) is 0 Å². The Bertz CT molecular complexity index is 541.